The Morgan fingerprint density at radius 1 is 1.18 bits per heavy atom. The average Bonchev–Trinajstić information content (AvgIpc) is 2.47. The maximum absolute atomic E-state index is 12.7. The van der Waals surface area contributed by atoms with Crippen LogP contribution in [0, 0.1) is 19.8 Å². The molecule has 22 heavy (non-hydrogen) atoms. The highest BCUT2D eigenvalue weighted by Gasteiger charge is 2.23. The fourth-order valence-corrected chi connectivity index (χ4v) is 2.22. The number of nitrogens with zero attached hydrogens (tertiary/aromatic N) is 1. The van der Waals surface area contributed by atoms with Crippen molar-refractivity contribution < 1.29 is 19.4 Å². The van der Waals surface area contributed by atoms with E-state index in [-0.39, 0.29) is 25.0 Å². The predicted octanol–water partition coefficient (Wildman–Crippen LogP) is 1.94. The van der Waals surface area contributed by atoms with Crippen molar-refractivity contribution in [2.24, 2.45) is 5.92 Å². The largest absolute Gasteiger partial charge is 0.469 e. The molecule has 0 aliphatic rings. The fourth-order valence-electron chi connectivity index (χ4n) is 2.22. The SMILES string of the molecule is COC(=O)C(C)CN(CC(C)O)C(=O)c1ccc(C)c(C)c1. The zero-order valence-corrected chi connectivity index (χ0v) is 13.9. The Morgan fingerprint density at radius 3 is 2.32 bits per heavy atom. The minimum absolute atomic E-state index is 0.174. The van der Waals surface area contributed by atoms with Gasteiger partial charge < -0.3 is 14.7 Å². The summed E-state index contributed by atoms with van der Waals surface area (Å²) in [5, 5.41) is 9.62. The molecule has 5 heteroatoms. The van der Waals surface area contributed by atoms with E-state index in [1.165, 1.54) is 12.0 Å². The molecule has 2 unspecified atom stereocenters. The zero-order valence-electron chi connectivity index (χ0n) is 13.9. The molecule has 2 atom stereocenters. The third-order valence-electron chi connectivity index (χ3n) is 3.62. The zero-order chi connectivity index (χ0) is 16.9. The summed E-state index contributed by atoms with van der Waals surface area (Å²) in [4.78, 5) is 25.7. The van der Waals surface area contributed by atoms with Crippen LogP contribution < -0.4 is 0 Å². The van der Waals surface area contributed by atoms with Crippen LogP contribution >= 0.6 is 0 Å². The minimum atomic E-state index is -0.666. The van der Waals surface area contributed by atoms with Crippen LogP contribution in [0.5, 0.6) is 0 Å². The number of aliphatic hydroxyl groups excluding tert-OH is 1. The number of hydrogen-bond acceptors (Lipinski definition) is 4. The van der Waals surface area contributed by atoms with Crippen molar-refractivity contribution in [3.8, 4) is 0 Å². The number of carbonyl (C=O) groups excluding carboxylic acids is 2. The monoisotopic (exact) mass is 307 g/mol. The number of aliphatic hydroxyl groups is 1. The Morgan fingerprint density at radius 2 is 1.82 bits per heavy atom. The van der Waals surface area contributed by atoms with Gasteiger partial charge in [0, 0.05) is 18.7 Å². The smallest absolute Gasteiger partial charge is 0.310 e. The van der Waals surface area contributed by atoms with Crippen molar-refractivity contribution in [1.82, 2.24) is 4.90 Å². The molecule has 1 amide bonds. The molecule has 5 nitrogen and oxygen atoms in total. The molecule has 122 valence electrons. The first-order valence-corrected chi connectivity index (χ1v) is 7.38. The van der Waals surface area contributed by atoms with E-state index >= 15 is 0 Å². The minimum Gasteiger partial charge on any atom is -0.469 e. The van der Waals surface area contributed by atoms with Crippen molar-refractivity contribution in [3.63, 3.8) is 0 Å². The molecule has 0 aromatic heterocycles. The van der Waals surface area contributed by atoms with Gasteiger partial charge in [0.2, 0.25) is 0 Å². The van der Waals surface area contributed by atoms with Crippen molar-refractivity contribution in [1.29, 1.82) is 0 Å². The first-order chi connectivity index (χ1) is 10.3. The van der Waals surface area contributed by atoms with E-state index in [4.69, 9.17) is 4.74 Å². The molecular weight excluding hydrogens is 282 g/mol. The van der Waals surface area contributed by atoms with Gasteiger partial charge in [0.25, 0.3) is 5.91 Å². The Bertz CT molecular complexity index is 539. The van der Waals surface area contributed by atoms with Gasteiger partial charge in [-0.3, -0.25) is 9.59 Å². The molecule has 1 aromatic carbocycles. The quantitative estimate of drug-likeness (QED) is 0.816. The predicted molar refractivity (Wildman–Crippen MR) is 84.7 cm³/mol. The molecule has 0 radical (unpaired) electrons. The topological polar surface area (TPSA) is 66.8 Å². The molecule has 0 spiro atoms. The fraction of sp³-hybridized carbons (Fsp3) is 0.529. The normalized spacial score (nSPS) is 13.4. The van der Waals surface area contributed by atoms with E-state index in [1.54, 1.807) is 19.9 Å². The van der Waals surface area contributed by atoms with Crippen molar-refractivity contribution in [3.05, 3.63) is 34.9 Å². The van der Waals surface area contributed by atoms with Crippen LogP contribution in [0.15, 0.2) is 18.2 Å². The highest BCUT2D eigenvalue weighted by Crippen LogP contribution is 2.14. The summed E-state index contributed by atoms with van der Waals surface area (Å²) in [6.45, 7) is 7.63. The van der Waals surface area contributed by atoms with Gasteiger partial charge in [-0.05, 0) is 44.0 Å². The maximum atomic E-state index is 12.7. The van der Waals surface area contributed by atoms with Gasteiger partial charge in [-0.1, -0.05) is 13.0 Å². The molecular formula is C17H25NO4. The van der Waals surface area contributed by atoms with Crippen molar-refractivity contribution in [2.75, 3.05) is 20.2 Å². The van der Waals surface area contributed by atoms with Crippen LogP contribution in [-0.2, 0) is 9.53 Å². The summed E-state index contributed by atoms with van der Waals surface area (Å²) in [6.07, 6.45) is -0.666. The number of carbonyl (C=O) groups is 2. The van der Waals surface area contributed by atoms with Crippen LogP contribution in [0.3, 0.4) is 0 Å². The van der Waals surface area contributed by atoms with E-state index in [0.717, 1.165) is 11.1 Å². The lowest BCUT2D eigenvalue weighted by atomic mass is 10.0. The first kappa shape index (κ1) is 18.2. The van der Waals surface area contributed by atoms with E-state index in [2.05, 4.69) is 0 Å². The van der Waals surface area contributed by atoms with Gasteiger partial charge in [-0.2, -0.15) is 0 Å². The lowest BCUT2D eigenvalue weighted by Gasteiger charge is -2.26. The van der Waals surface area contributed by atoms with Crippen LogP contribution in [0.2, 0.25) is 0 Å². The highest BCUT2D eigenvalue weighted by molar-refractivity contribution is 5.94. The van der Waals surface area contributed by atoms with E-state index in [9.17, 15) is 14.7 Å². The van der Waals surface area contributed by atoms with Gasteiger partial charge in [0.05, 0.1) is 19.1 Å². The molecule has 0 aliphatic heterocycles. The standard InChI is InChI=1S/C17H25NO4/c1-11-6-7-15(8-12(11)2)16(20)18(10-14(4)19)9-13(3)17(21)22-5/h6-8,13-14,19H,9-10H2,1-5H3. The highest BCUT2D eigenvalue weighted by atomic mass is 16.5. The molecule has 1 rings (SSSR count). The Kier molecular flexibility index (Phi) is 6.56. The molecule has 0 saturated heterocycles. The number of esters is 1. The van der Waals surface area contributed by atoms with Crippen LogP contribution in [0.1, 0.15) is 35.3 Å². The third kappa shape index (κ3) is 4.84. The van der Waals surface area contributed by atoms with Gasteiger partial charge in [0.15, 0.2) is 0 Å². The molecule has 0 saturated carbocycles. The van der Waals surface area contributed by atoms with Crippen molar-refractivity contribution in [2.45, 2.75) is 33.8 Å². The molecule has 0 fully saturated rings. The maximum Gasteiger partial charge on any atom is 0.310 e. The average molecular weight is 307 g/mol. The number of benzene rings is 1. The van der Waals surface area contributed by atoms with Crippen LogP contribution in [0.4, 0.5) is 0 Å². The summed E-state index contributed by atoms with van der Waals surface area (Å²) in [5.41, 5.74) is 2.70. The number of aryl methyl sites for hydroxylation is 2. The second-order valence-corrected chi connectivity index (χ2v) is 5.78. The Hall–Kier alpha value is -1.88. The summed E-state index contributed by atoms with van der Waals surface area (Å²) >= 11 is 0. The van der Waals surface area contributed by atoms with Crippen LogP contribution in [0.25, 0.3) is 0 Å². The van der Waals surface area contributed by atoms with Crippen LogP contribution in [-0.4, -0.2) is 48.2 Å². The van der Waals surface area contributed by atoms with E-state index in [1.807, 2.05) is 26.0 Å². The number of methoxy groups -OCH3 is 1. The molecule has 0 aliphatic carbocycles. The lowest BCUT2D eigenvalue weighted by Crippen LogP contribution is -2.41. The lowest BCUT2D eigenvalue weighted by molar-refractivity contribution is -0.145. The summed E-state index contributed by atoms with van der Waals surface area (Å²) in [6, 6.07) is 5.49. The van der Waals surface area contributed by atoms with Gasteiger partial charge in [0.1, 0.15) is 0 Å². The van der Waals surface area contributed by atoms with Gasteiger partial charge in [-0.25, -0.2) is 0 Å². The molecule has 1 N–H and O–H groups in total. The van der Waals surface area contributed by atoms with Gasteiger partial charge >= 0.3 is 5.97 Å². The summed E-state index contributed by atoms with van der Waals surface area (Å²) < 4.78 is 4.70. The molecule has 1 aromatic rings. The Labute approximate surface area is 131 Å². The number of amides is 1. The first-order valence-electron chi connectivity index (χ1n) is 7.38. The summed E-state index contributed by atoms with van der Waals surface area (Å²) in [7, 11) is 1.32. The second-order valence-electron chi connectivity index (χ2n) is 5.78. The number of hydrogen-bond donors (Lipinski definition) is 1. The molecule has 0 bridgehead atoms. The van der Waals surface area contributed by atoms with E-state index in [0.29, 0.717) is 5.56 Å². The van der Waals surface area contributed by atoms with Gasteiger partial charge in [-0.15, -0.1) is 0 Å². The number of rotatable bonds is 6. The molecule has 0 heterocycles. The summed E-state index contributed by atoms with van der Waals surface area (Å²) in [5.74, 6) is -1.01. The number of ether oxygens (including phenoxy) is 1. The van der Waals surface area contributed by atoms with E-state index < -0.39 is 12.0 Å². The Balaban J connectivity index is 2.97. The van der Waals surface area contributed by atoms with Crippen molar-refractivity contribution >= 4 is 11.9 Å². The second kappa shape index (κ2) is 7.94. The third-order valence-corrected chi connectivity index (χ3v) is 3.62.